The van der Waals surface area contributed by atoms with Crippen molar-refractivity contribution >= 4 is 17.4 Å². The summed E-state index contributed by atoms with van der Waals surface area (Å²) in [5.41, 5.74) is 1.19. The molecule has 0 saturated carbocycles. The first kappa shape index (κ1) is 21.8. The molecule has 1 atom stereocenters. The van der Waals surface area contributed by atoms with Gasteiger partial charge < -0.3 is 24.4 Å². The van der Waals surface area contributed by atoms with Crippen LogP contribution in [0.3, 0.4) is 0 Å². The molecular weight excluding hydrogens is 410 g/mol. The van der Waals surface area contributed by atoms with E-state index in [9.17, 15) is 14.7 Å². The van der Waals surface area contributed by atoms with E-state index in [4.69, 9.17) is 9.47 Å². The molecule has 8 nitrogen and oxygen atoms in total. The van der Waals surface area contributed by atoms with Gasteiger partial charge in [-0.2, -0.15) is 0 Å². The Morgan fingerprint density at radius 2 is 1.78 bits per heavy atom. The number of amides is 1. The summed E-state index contributed by atoms with van der Waals surface area (Å²) in [6, 6.07) is 7.83. The molecule has 3 heterocycles. The molecular formula is C24H27N3O5. The summed E-state index contributed by atoms with van der Waals surface area (Å²) in [6.45, 7) is 7.67. The van der Waals surface area contributed by atoms with E-state index in [1.807, 2.05) is 0 Å². The molecule has 32 heavy (non-hydrogen) atoms. The van der Waals surface area contributed by atoms with Crippen molar-refractivity contribution in [1.82, 2.24) is 14.8 Å². The summed E-state index contributed by atoms with van der Waals surface area (Å²) in [6.07, 6.45) is 3.23. The van der Waals surface area contributed by atoms with E-state index in [0.29, 0.717) is 43.4 Å². The number of hydrogen-bond donors (Lipinski definition) is 1. The number of aliphatic hydroxyl groups excluding tert-OH is 1. The quantitative estimate of drug-likeness (QED) is 0.404. The molecule has 1 aromatic heterocycles. The number of ether oxygens (including phenoxy) is 2. The van der Waals surface area contributed by atoms with Gasteiger partial charge in [0.05, 0.1) is 11.6 Å². The Bertz CT molecular complexity index is 1030. The summed E-state index contributed by atoms with van der Waals surface area (Å²) in [5, 5.41) is 11.2. The third-order valence-electron chi connectivity index (χ3n) is 5.93. The van der Waals surface area contributed by atoms with E-state index >= 15 is 0 Å². The number of aliphatic hydroxyl groups is 1. The van der Waals surface area contributed by atoms with E-state index in [1.165, 1.54) is 0 Å². The van der Waals surface area contributed by atoms with E-state index < -0.39 is 17.7 Å². The molecule has 1 N–H and O–H groups in total. The van der Waals surface area contributed by atoms with Crippen LogP contribution in [0.5, 0.6) is 11.5 Å². The first-order valence-corrected chi connectivity index (χ1v) is 10.9. The predicted molar refractivity (Wildman–Crippen MR) is 118 cm³/mol. The number of carbonyl (C=O) groups is 2. The van der Waals surface area contributed by atoms with Crippen molar-refractivity contribution in [3.63, 3.8) is 0 Å². The van der Waals surface area contributed by atoms with Crippen LogP contribution in [0.15, 0.2) is 48.3 Å². The van der Waals surface area contributed by atoms with Crippen LogP contribution in [-0.4, -0.2) is 71.0 Å². The molecule has 2 aliphatic heterocycles. The predicted octanol–water partition coefficient (Wildman–Crippen LogP) is 2.62. The van der Waals surface area contributed by atoms with Gasteiger partial charge in [0.1, 0.15) is 19.0 Å². The number of carbonyl (C=O) groups excluding carboxylic acids is 2. The summed E-state index contributed by atoms with van der Waals surface area (Å²) in [5.74, 6) is -0.459. The minimum absolute atomic E-state index is 0.0671. The number of Topliss-reactive ketones (excluding diaryl/α,β-unsaturated/α-hetero) is 1. The lowest BCUT2D eigenvalue weighted by molar-refractivity contribution is -0.140. The second-order valence-corrected chi connectivity index (χ2v) is 7.66. The number of hydrogen-bond acceptors (Lipinski definition) is 7. The van der Waals surface area contributed by atoms with Gasteiger partial charge in [0.2, 0.25) is 0 Å². The maximum Gasteiger partial charge on any atom is 0.295 e. The maximum atomic E-state index is 13.1. The summed E-state index contributed by atoms with van der Waals surface area (Å²) in [4.78, 5) is 33.9. The molecule has 0 spiro atoms. The van der Waals surface area contributed by atoms with Crippen LogP contribution in [0.2, 0.25) is 0 Å². The first-order valence-electron chi connectivity index (χ1n) is 10.9. The second-order valence-electron chi connectivity index (χ2n) is 7.66. The normalized spacial score (nSPS) is 19.6. The zero-order valence-electron chi connectivity index (χ0n) is 18.3. The summed E-state index contributed by atoms with van der Waals surface area (Å²) in [7, 11) is 0. The Kier molecular flexibility index (Phi) is 6.41. The number of benzene rings is 1. The first-order chi connectivity index (χ1) is 15.5. The van der Waals surface area contributed by atoms with Gasteiger partial charge in [0.15, 0.2) is 11.5 Å². The molecule has 0 aliphatic carbocycles. The van der Waals surface area contributed by atoms with E-state index in [0.717, 1.165) is 18.7 Å². The average molecular weight is 437 g/mol. The minimum atomic E-state index is -0.696. The van der Waals surface area contributed by atoms with Crippen LogP contribution in [0.25, 0.3) is 5.76 Å². The number of likely N-dealkylation sites (N-methyl/N-ethyl adjacent to an activating group) is 1. The standard InChI is InChI=1S/C24H27N3O5/c1-3-26(4-2)11-12-27-21(16-7-9-25-10-8-16)20(23(29)24(27)30)22(28)17-5-6-18-19(15-17)32-14-13-31-18/h5-10,15,21,28H,3-4,11-14H2,1-2H3/b22-20+. The molecule has 1 amide bonds. The molecule has 2 aromatic rings. The van der Waals surface area contributed by atoms with E-state index in [1.54, 1.807) is 47.6 Å². The Morgan fingerprint density at radius 1 is 1.09 bits per heavy atom. The van der Waals surface area contributed by atoms with Gasteiger partial charge in [-0.1, -0.05) is 13.8 Å². The van der Waals surface area contributed by atoms with E-state index in [2.05, 4.69) is 23.7 Å². The molecule has 1 unspecified atom stereocenters. The zero-order valence-corrected chi connectivity index (χ0v) is 18.3. The van der Waals surface area contributed by atoms with Crippen molar-refractivity contribution in [3.05, 3.63) is 59.4 Å². The number of aromatic nitrogens is 1. The van der Waals surface area contributed by atoms with Gasteiger partial charge in [-0.3, -0.25) is 14.6 Å². The Morgan fingerprint density at radius 3 is 2.47 bits per heavy atom. The molecule has 2 aliphatic rings. The number of pyridine rings is 1. The van der Waals surface area contributed by atoms with Crippen LogP contribution in [0, 0.1) is 0 Å². The molecule has 168 valence electrons. The van der Waals surface area contributed by atoms with Crippen molar-refractivity contribution in [2.45, 2.75) is 19.9 Å². The van der Waals surface area contributed by atoms with Gasteiger partial charge in [-0.15, -0.1) is 0 Å². The van der Waals surface area contributed by atoms with Gasteiger partial charge in [0.25, 0.3) is 11.7 Å². The number of rotatable bonds is 7. The largest absolute Gasteiger partial charge is 0.507 e. The molecule has 1 aromatic carbocycles. The van der Waals surface area contributed by atoms with Gasteiger partial charge in [-0.05, 0) is 49.0 Å². The summed E-state index contributed by atoms with van der Waals surface area (Å²) >= 11 is 0. The van der Waals surface area contributed by atoms with Gasteiger partial charge >= 0.3 is 0 Å². The van der Waals surface area contributed by atoms with E-state index in [-0.39, 0.29) is 11.3 Å². The van der Waals surface area contributed by atoms with Gasteiger partial charge in [-0.25, -0.2) is 0 Å². The Balaban J connectivity index is 1.76. The molecule has 4 rings (SSSR count). The SMILES string of the molecule is CCN(CC)CCN1C(=O)C(=O)/C(=C(/O)c2ccc3c(c2)OCCO3)C1c1ccncc1. The zero-order chi connectivity index (χ0) is 22.7. The lowest BCUT2D eigenvalue weighted by Gasteiger charge is -2.28. The van der Waals surface area contributed by atoms with Gasteiger partial charge in [0, 0.05) is 31.0 Å². The summed E-state index contributed by atoms with van der Waals surface area (Å²) < 4.78 is 11.2. The molecule has 0 bridgehead atoms. The molecule has 1 fully saturated rings. The highest BCUT2D eigenvalue weighted by Crippen LogP contribution is 2.40. The average Bonchev–Trinajstić information content (AvgIpc) is 3.09. The molecule has 1 saturated heterocycles. The minimum Gasteiger partial charge on any atom is -0.507 e. The fourth-order valence-electron chi connectivity index (χ4n) is 4.14. The number of likely N-dealkylation sites (tertiary alicyclic amines) is 1. The van der Waals surface area contributed by atoms with Crippen molar-refractivity contribution in [3.8, 4) is 11.5 Å². The van der Waals surface area contributed by atoms with Crippen molar-refractivity contribution in [2.24, 2.45) is 0 Å². The highest BCUT2D eigenvalue weighted by molar-refractivity contribution is 6.46. The fraction of sp³-hybridized carbons (Fsp3) is 0.375. The topological polar surface area (TPSA) is 92.2 Å². The Hall–Kier alpha value is -3.39. The molecule has 8 heteroatoms. The van der Waals surface area contributed by atoms with Crippen molar-refractivity contribution < 1.29 is 24.2 Å². The monoisotopic (exact) mass is 437 g/mol. The highest BCUT2D eigenvalue weighted by atomic mass is 16.6. The second kappa shape index (κ2) is 9.40. The maximum absolute atomic E-state index is 13.1. The number of nitrogens with zero attached hydrogens (tertiary/aromatic N) is 3. The van der Waals surface area contributed by atoms with Crippen molar-refractivity contribution in [2.75, 3.05) is 39.4 Å². The van der Waals surface area contributed by atoms with Crippen molar-refractivity contribution in [1.29, 1.82) is 0 Å². The van der Waals surface area contributed by atoms with Crippen LogP contribution < -0.4 is 9.47 Å². The lowest BCUT2D eigenvalue weighted by Crippen LogP contribution is -2.38. The number of fused-ring (bicyclic) bond motifs is 1. The molecule has 0 radical (unpaired) electrons. The Labute approximate surface area is 187 Å². The van der Waals surface area contributed by atoms with Crippen LogP contribution >= 0.6 is 0 Å². The lowest BCUT2D eigenvalue weighted by atomic mass is 9.96. The third kappa shape index (κ3) is 4.05. The highest BCUT2D eigenvalue weighted by Gasteiger charge is 2.46. The third-order valence-corrected chi connectivity index (χ3v) is 5.93. The number of ketones is 1. The fourth-order valence-corrected chi connectivity index (χ4v) is 4.14. The van der Waals surface area contributed by atoms with Crippen LogP contribution in [0.4, 0.5) is 0 Å². The van der Waals surface area contributed by atoms with Crippen LogP contribution in [0.1, 0.15) is 31.0 Å². The smallest absolute Gasteiger partial charge is 0.295 e. The van der Waals surface area contributed by atoms with Crippen LogP contribution in [-0.2, 0) is 9.59 Å².